The lowest BCUT2D eigenvalue weighted by molar-refractivity contribution is -0.121. The molecule has 4 amide bonds. The first-order valence-corrected chi connectivity index (χ1v) is 23.6. The molecular formula is C44H54FN11O6S. The standard InChI is InChI=1S/C44H54FN11O6S/c1-26-24-52(29-10-11-33-37(22-29)51(3)50-39(33)55-17-13-38(58)48-43(55)60)18-19-54(26)27(2)28-6-4-9-32(20-28)63(61,62)53-16-12-36(35(45)25-53)47-42-46-23-34-40(49-42)56(41(59)44(34)14-15-44)30-7-5-8-31(57)21-30/h4,6,9-11,20,22-23,26-27,30-31,35-36,57H,5,7-8,12-19,21,24-25H2,1-3H3,(H,46,47,49)(H,48,58,60)/t26-,27-,30-,31-,35-,36+/m1/s1. The van der Waals surface area contributed by atoms with E-state index in [1.54, 1.807) is 34.0 Å². The maximum atomic E-state index is 16.0. The first kappa shape index (κ1) is 41.8. The highest BCUT2D eigenvalue weighted by Crippen LogP contribution is 2.57. The van der Waals surface area contributed by atoms with Gasteiger partial charge in [-0.1, -0.05) is 12.1 Å². The average molecular weight is 884 g/mol. The van der Waals surface area contributed by atoms with Gasteiger partial charge in [-0.25, -0.2) is 22.6 Å². The van der Waals surface area contributed by atoms with Crippen LogP contribution in [0.3, 0.4) is 0 Å². The number of nitrogens with zero attached hydrogens (tertiary/aromatic N) is 9. The van der Waals surface area contributed by atoms with E-state index in [-0.39, 0.29) is 73.3 Å². The van der Waals surface area contributed by atoms with Gasteiger partial charge in [-0.15, -0.1) is 0 Å². The number of piperazine rings is 1. The predicted molar refractivity (Wildman–Crippen MR) is 234 cm³/mol. The van der Waals surface area contributed by atoms with Crippen LogP contribution in [0.4, 0.5) is 32.5 Å². The molecule has 5 fully saturated rings. The minimum atomic E-state index is -4.02. The lowest BCUT2D eigenvalue weighted by atomic mass is 9.92. The summed E-state index contributed by atoms with van der Waals surface area (Å²) in [6.45, 7) is 6.50. The van der Waals surface area contributed by atoms with Gasteiger partial charge in [0.25, 0.3) is 0 Å². The van der Waals surface area contributed by atoms with Crippen molar-refractivity contribution >= 4 is 62.0 Å². The second-order valence-electron chi connectivity index (χ2n) is 18.3. The topological polar surface area (TPSA) is 189 Å². The number of nitrogens with one attached hydrogen (secondary N) is 2. The van der Waals surface area contributed by atoms with E-state index in [9.17, 15) is 27.9 Å². The molecule has 0 bridgehead atoms. The van der Waals surface area contributed by atoms with Gasteiger partial charge in [-0.3, -0.25) is 34.3 Å². The molecule has 3 saturated heterocycles. The number of urea groups is 1. The van der Waals surface area contributed by atoms with E-state index in [2.05, 4.69) is 50.4 Å². The molecule has 10 rings (SSSR count). The molecule has 2 aliphatic carbocycles. The second kappa shape index (κ2) is 15.8. The third-order valence-electron chi connectivity index (χ3n) is 14.3. The quantitative estimate of drug-likeness (QED) is 0.220. The molecule has 4 aromatic rings. The number of hydrogen-bond acceptors (Lipinski definition) is 12. The summed E-state index contributed by atoms with van der Waals surface area (Å²) in [5.41, 5.74) is 2.96. The Morgan fingerprint density at radius 2 is 1.83 bits per heavy atom. The summed E-state index contributed by atoms with van der Waals surface area (Å²) in [6.07, 6.45) is 4.40. The van der Waals surface area contributed by atoms with E-state index in [1.165, 1.54) is 9.21 Å². The summed E-state index contributed by atoms with van der Waals surface area (Å²) < 4.78 is 47.1. The van der Waals surface area contributed by atoms with Crippen molar-refractivity contribution in [1.82, 2.24) is 34.3 Å². The average Bonchev–Trinajstić information content (AvgIpc) is 3.96. The highest BCUT2D eigenvalue weighted by molar-refractivity contribution is 7.89. The third-order valence-corrected chi connectivity index (χ3v) is 16.2. The summed E-state index contributed by atoms with van der Waals surface area (Å²) >= 11 is 0. The van der Waals surface area contributed by atoms with Gasteiger partial charge in [0.1, 0.15) is 12.0 Å². The number of alkyl halides is 1. The van der Waals surface area contributed by atoms with Gasteiger partial charge in [0.15, 0.2) is 5.82 Å². The van der Waals surface area contributed by atoms with Gasteiger partial charge in [-0.05, 0) is 94.7 Å². The number of aromatic nitrogens is 4. The van der Waals surface area contributed by atoms with Crippen LogP contribution in [-0.2, 0) is 32.1 Å². The normalized spacial score (nSPS) is 27.2. The van der Waals surface area contributed by atoms with E-state index >= 15 is 4.39 Å². The Balaban J connectivity index is 0.779. The smallest absolute Gasteiger partial charge is 0.329 e. The molecule has 63 heavy (non-hydrogen) atoms. The van der Waals surface area contributed by atoms with Crippen LogP contribution in [0, 0.1) is 0 Å². The summed E-state index contributed by atoms with van der Waals surface area (Å²) in [4.78, 5) is 55.3. The van der Waals surface area contributed by atoms with E-state index in [0.29, 0.717) is 24.5 Å². The predicted octanol–water partition coefficient (Wildman–Crippen LogP) is 3.98. The maximum absolute atomic E-state index is 16.0. The van der Waals surface area contributed by atoms with Crippen LogP contribution < -0.4 is 25.3 Å². The zero-order valence-electron chi connectivity index (χ0n) is 35.8. The Morgan fingerprint density at radius 3 is 2.57 bits per heavy atom. The number of carbonyl (C=O) groups excluding carboxylic acids is 3. The highest BCUT2D eigenvalue weighted by atomic mass is 32.2. The van der Waals surface area contributed by atoms with Gasteiger partial charge in [0, 0.05) is 93.7 Å². The number of rotatable bonds is 9. The summed E-state index contributed by atoms with van der Waals surface area (Å²) in [6, 6.07) is 11.7. The molecule has 6 aliphatic rings. The van der Waals surface area contributed by atoms with Crippen LogP contribution in [0.5, 0.6) is 0 Å². The fourth-order valence-electron chi connectivity index (χ4n) is 10.6. The highest BCUT2D eigenvalue weighted by Gasteiger charge is 2.61. The largest absolute Gasteiger partial charge is 0.393 e. The molecule has 2 aromatic carbocycles. The number of halogens is 1. The number of piperidine rings is 1. The molecule has 0 unspecified atom stereocenters. The molecule has 17 nitrogen and oxygen atoms in total. The van der Waals surface area contributed by atoms with E-state index in [4.69, 9.17) is 4.98 Å². The minimum Gasteiger partial charge on any atom is -0.393 e. The van der Waals surface area contributed by atoms with Crippen LogP contribution in [0.15, 0.2) is 53.6 Å². The Kier molecular flexibility index (Phi) is 10.5. The molecular weight excluding hydrogens is 830 g/mol. The lowest BCUT2D eigenvalue weighted by Gasteiger charge is -2.44. The van der Waals surface area contributed by atoms with Crippen molar-refractivity contribution < 1.29 is 32.3 Å². The van der Waals surface area contributed by atoms with Gasteiger partial charge < -0.3 is 15.3 Å². The third kappa shape index (κ3) is 7.29. The Labute approximate surface area is 365 Å². The molecule has 3 N–H and O–H groups in total. The summed E-state index contributed by atoms with van der Waals surface area (Å²) in [7, 11) is -2.18. The minimum absolute atomic E-state index is 0.0140. The Bertz CT molecular complexity index is 2610. The van der Waals surface area contributed by atoms with Crippen molar-refractivity contribution in [3.63, 3.8) is 0 Å². The van der Waals surface area contributed by atoms with Gasteiger partial charge in [0.2, 0.25) is 27.8 Å². The van der Waals surface area contributed by atoms with Gasteiger partial charge >= 0.3 is 6.03 Å². The summed E-state index contributed by atoms with van der Waals surface area (Å²) in [5, 5.41) is 21.3. The fourth-order valence-corrected chi connectivity index (χ4v) is 12.1. The molecule has 6 atom stereocenters. The molecule has 0 radical (unpaired) electrons. The Hall–Kier alpha value is -5.24. The van der Waals surface area contributed by atoms with Crippen molar-refractivity contribution in [1.29, 1.82) is 0 Å². The SMILES string of the molecule is C[C@@H]1CN(c2ccc3c(N4CCC(=O)NC4=O)nn(C)c3c2)CCN1[C@H](C)c1cccc(S(=O)(=O)N2CC[C@H](Nc3ncc4c(n3)N([C@@H]3CCC[C@@H](O)C3)C(=O)C43CC3)[C@H](F)C2)c1. The van der Waals surface area contributed by atoms with Crippen molar-refractivity contribution in [3.05, 3.63) is 59.8 Å². The number of benzene rings is 2. The van der Waals surface area contributed by atoms with Crippen molar-refractivity contribution in [2.45, 2.75) is 112 Å². The number of aryl methyl sites for hydroxylation is 1. The van der Waals surface area contributed by atoms with Crippen LogP contribution in [0.25, 0.3) is 10.9 Å². The number of carbonyl (C=O) groups is 3. The van der Waals surface area contributed by atoms with Crippen molar-refractivity contribution in [3.8, 4) is 0 Å². The Morgan fingerprint density at radius 1 is 1.00 bits per heavy atom. The first-order chi connectivity index (χ1) is 30.2. The number of amides is 4. The van der Waals surface area contributed by atoms with Crippen LogP contribution >= 0.6 is 0 Å². The summed E-state index contributed by atoms with van der Waals surface area (Å²) in [5.74, 6) is 0.981. The molecule has 4 aliphatic heterocycles. The number of anilines is 4. The molecule has 19 heteroatoms. The van der Waals surface area contributed by atoms with Gasteiger partial charge in [0.05, 0.1) is 28.0 Å². The number of fused-ring (bicyclic) bond motifs is 3. The molecule has 2 aromatic heterocycles. The zero-order valence-corrected chi connectivity index (χ0v) is 36.6. The first-order valence-electron chi connectivity index (χ1n) is 22.2. The molecule has 6 heterocycles. The van der Waals surface area contributed by atoms with Gasteiger partial charge in [-0.2, -0.15) is 14.4 Å². The molecule has 334 valence electrons. The van der Waals surface area contributed by atoms with E-state index < -0.39 is 39.8 Å². The van der Waals surface area contributed by atoms with E-state index in [0.717, 1.165) is 73.0 Å². The monoisotopic (exact) mass is 883 g/mol. The van der Waals surface area contributed by atoms with Crippen molar-refractivity contribution in [2.75, 3.05) is 59.3 Å². The fraction of sp³-hybridized carbons (Fsp3) is 0.545. The lowest BCUT2D eigenvalue weighted by Crippen LogP contribution is -2.52. The molecule has 2 saturated carbocycles. The van der Waals surface area contributed by atoms with Crippen LogP contribution in [0.2, 0.25) is 0 Å². The number of aliphatic hydroxyl groups is 1. The molecule has 1 spiro atoms. The van der Waals surface area contributed by atoms with Crippen LogP contribution in [-0.4, -0.2) is 130 Å². The number of imide groups is 1. The number of aliphatic hydroxyl groups excluding tert-OH is 1. The van der Waals surface area contributed by atoms with E-state index in [1.807, 2.05) is 25.2 Å². The second-order valence-corrected chi connectivity index (χ2v) is 20.2. The zero-order chi connectivity index (χ0) is 43.9. The number of sulfonamides is 1. The maximum Gasteiger partial charge on any atom is 0.329 e. The van der Waals surface area contributed by atoms with Crippen molar-refractivity contribution in [2.24, 2.45) is 7.05 Å². The van der Waals surface area contributed by atoms with Crippen LogP contribution in [0.1, 0.15) is 82.4 Å². The number of hydrogen-bond donors (Lipinski definition) is 3.